The first kappa shape index (κ1) is 14.3. The molecule has 1 fully saturated rings. The fraction of sp³-hybridized carbons (Fsp3) is 0.923. The fourth-order valence-corrected chi connectivity index (χ4v) is 2.22. The van der Waals surface area contributed by atoms with Crippen LogP contribution in [-0.4, -0.2) is 41.3 Å². The summed E-state index contributed by atoms with van der Waals surface area (Å²) in [4.78, 5) is 13.7. The van der Waals surface area contributed by atoms with Gasteiger partial charge in [-0.2, -0.15) is 0 Å². The van der Waals surface area contributed by atoms with E-state index in [2.05, 4.69) is 12.2 Å². The van der Waals surface area contributed by atoms with Crippen molar-refractivity contribution in [3.8, 4) is 0 Å². The average molecular weight is 242 g/mol. The normalized spacial score (nSPS) is 21.1. The van der Waals surface area contributed by atoms with Crippen LogP contribution in [0.3, 0.4) is 0 Å². The molecule has 0 aromatic rings. The fourth-order valence-electron chi connectivity index (χ4n) is 2.22. The molecule has 0 bridgehead atoms. The summed E-state index contributed by atoms with van der Waals surface area (Å²) in [7, 11) is 0. The first-order valence-corrected chi connectivity index (χ1v) is 6.70. The Kier molecular flexibility index (Phi) is 5.25. The zero-order valence-corrected chi connectivity index (χ0v) is 11.3. The molecule has 0 saturated carbocycles. The van der Waals surface area contributed by atoms with Crippen molar-refractivity contribution in [2.24, 2.45) is 5.92 Å². The third-order valence-electron chi connectivity index (χ3n) is 3.48. The molecule has 0 aromatic carbocycles. The molecule has 1 heterocycles. The maximum absolute atomic E-state index is 11.9. The number of hydrogen-bond donors (Lipinski definition) is 2. The van der Waals surface area contributed by atoms with Gasteiger partial charge in [0.2, 0.25) is 0 Å². The lowest BCUT2D eigenvalue weighted by Gasteiger charge is -2.31. The maximum atomic E-state index is 11.9. The number of rotatable bonds is 4. The Morgan fingerprint density at radius 3 is 2.59 bits per heavy atom. The van der Waals surface area contributed by atoms with E-state index in [9.17, 15) is 9.90 Å². The summed E-state index contributed by atoms with van der Waals surface area (Å²) < 4.78 is 0. The Morgan fingerprint density at radius 1 is 1.47 bits per heavy atom. The molecule has 1 rings (SSSR count). The molecule has 17 heavy (non-hydrogen) atoms. The van der Waals surface area contributed by atoms with Gasteiger partial charge in [-0.3, -0.25) is 0 Å². The third-order valence-corrected chi connectivity index (χ3v) is 3.48. The first-order valence-electron chi connectivity index (χ1n) is 6.70. The van der Waals surface area contributed by atoms with Gasteiger partial charge in [0.1, 0.15) is 0 Å². The minimum atomic E-state index is -0.784. The van der Waals surface area contributed by atoms with E-state index < -0.39 is 5.60 Å². The zero-order chi connectivity index (χ0) is 12.9. The van der Waals surface area contributed by atoms with Crippen LogP contribution in [0.1, 0.15) is 46.5 Å². The predicted octanol–water partition coefficient (Wildman–Crippen LogP) is 1.98. The van der Waals surface area contributed by atoms with E-state index in [0.717, 1.165) is 38.3 Å². The topological polar surface area (TPSA) is 52.6 Å². The van der Waals surface area contributed by atoms with Crippen LogP contribution in [0, 0.1) is 5.92 Å². The largest absolute Gasteiger partial charge is 0.388 e. The first-order chi connectivity index (χ1) is 7.94. The number of amides is 2. The number of aliphatic hydroxyl groups is 1. The number of likely N-dealkylation sites (tertiary alicyclic amines) is 1. The number of carbonyl (C=O) groups excluding carboxylic acids is 1. The highest BCUT2D eigenvalue weighted by Crippen LogP contribution is 2.16. The van der Waals surface area contributed by atoms with Crippen LogP contribution >= 0.6 is 0 Å². The Bertz CT molecular complexity index is 246. The van der Waals surface area contributed by atoms with Crippen LogP contribution in [0.5, 0.6) is 0 Å². The molecular formula is C13H26N2O2. The van der Waals surface area contributed by atoms with Crippen LogP contribution in [0.2, 0.25) is 0 Å². The minimum Gasteiger partial charge on any atom is -0.388 e. The van der Waals surface area contributed by atoms with E-state index in [-0.39, 0.29) is 6.03 Å². The highest BCUT2D eigenvalue weighted by Gasteiger charge is 2.23. The molecule has 0 aliphatic carbocycles. The lowest BCUT2D eigenvalue weighted by molar-refractivity contribution is 0.0501. The van der Waals surface area contributed by atoms with Gasteiger partial charge >= 0.3 is 6.03 Å². The summed E-state index contributed by atoms with van der Waals surface area (Å²) in [6.07, 6.45) is 3.80. The van der Waals surface area contributed by atoms with Gasteiger partial charge in [0, 0.05) is 19.6 Å². The number of hydrogen-bond acceptors (Lipinski definition) is 2. The molecule has 2 amide bonds. The summed E-state index contributed by atoms with van der Waals surface area (Å²) in [5.41, 5.74) is -0.784. The van der Waals surface area contributed by atoms with Crippen molar-refractivity contribution in [3.63, 3.8) is 0 Å². The minimum absolute atomic E-state index is 0.0340. The molecule has 1 atom stereocenters. The van der Waals surface area contributed by atoms with Gasteiger partial charge in [0.05, 0.1) is 5.60 Å². The molecular weight excluding hydrogens is 216 g/mol. The molecule has 100 valence electrons. The molecule has 0 spiro atoms. The Labute approximate surface area is 104 Å². The zero-order valence-electron chi connectivity index (χ0n) is 11.3. The quantitative estimate of drug-likeness (QED) is 0.792. The lowest BCUT2D eigenvalue weighted by atomic mass is 9.99. The second kappa shape index (κ2) is 6.24. The van der Waals surface area contributed by atoms with Crippen LogP contribution in [0.4, 0.5) is 4.79 Å². The highest BCUT2D eigenvalue weighted by molar-refractivity contribution is 5.74. The highest BCUT2D eigenvalue weighted by atomic mass is 16.3. The van der Waals surface area contributed by atoms with E-state index in [1.807, 2.05) is 11.8 Å². The van der Waals surface area contributed by atoms with Crippen molar-refractivity contribution in [1.29, 1.82) is 0 Å². The third kappa shape index (κ3) is 4.94. The van der Waals surface area contributed by atoms with Crippen molar-refractivity contribution >= 4 is 6.03 Å². The van der Waals surface area contributed by atoms with Crippen molar-refractivity contribution in [1.82, 2.24) is 10.2 Å². The molecule has 1 aliphatic rings. The van der Waals surface area contributed by atoms with E-state index in [1.54, 1.807) is 6.92 Å². The van der Waals surface area contributed by atoms with E-state index in [0.29, 0.717) is 13.0 Å². The Morgan fingerprint density at radius 2 is 2.06 bits per heavy atom. The SMILES string of the molecule is CCCC(C)(O)CNC(=O)N1CCC(C)CC1. The molecule has 0 aromatic heterocycles. The monoisotopic (exact) mass is 242 g/mol. The van der Waals surface area contributed by atoms with Gasteiger partial charge in [0.15, 0.2) is 0 Å². The Balaban J connectivity index is 2.29. The number of carbonyl (C=O) groups is 1. The summed E-state index contributed by atoms with van der Waals surface area (Å²) in [5, 5.41) is 12.8. The predicted molar refractivity (Wildman–Crippen MR) is 68.9 cm³/mol. The molecule has 0 radical (unpaired) electrons. The maximum Gasteiger partial charge on any atom is 0.317 e. The van der Waals surface area contributed by atoms with Gasteiger partial charge in [-0.1, -0.05) is 20.3 Å². The van der Waals surface area contributed by atoms with Gasteiger partial charge in [-0.05, 0) is 32.1 Å². The summed E-state index contributed by atoms with van der Waals surface area (Å²) in [5.74, 6) is 0.724. The summed E-state index contributed by atoms with van der Waals surface area (Å²) >= 11 is 0. The van der Waals surface area contributed by atoms with E-state index >= 15 is 0 Å². The van der Waals surface area contributed by atoms with Crippen molar-refractivity contribution in [2.45, 2.75) is 52.1 Å². The van der Waals surface area contributed by atoms with Gasteiger partial charge in [0.25, 0.3) is 0 Å². The second-order valence-corrected chi connectivity index (χ2v) is 5.58. The van der Waals surface area contributed by atoms with Crippen molar-refractivity contribution in [2.75, 3.05) is 19.6 Å². The molecule has 1 aliphatic heterocycles. The van der Waals surface area contributed by atoms with Crippen LogP contribution in [-0.2, 0) is 0 Å². The number of nitrogens with zero attached hydrogens (tertiary/aromatic N) is 1. The van der Waals surface area contributed by atoms with Crippen molar-refractivity contribution in [3.05, 3.63) is 0 Å². The molecule has 4 heteroatoms. The van der Waals surface area contributed by atoms with E-state index in [4.69, 9.17) is 0 Å². The smallest absolute Gasteiger partial charge is 0.317 e. The van der Waals surface area contributed by atoms with Crippen LogP contribution in [0.25, 0.3) is 0 Å². The molecule has 1 unspecified atom stereocenters. The van der Waals surface area contributed by atoms with Crippen LogP contribution in [0.15, 0.2) is 0 Å². The van der Waals surface area contributed by atoms with Crippen LogP contribution < -0.4 is 5.32 Å². The number of urea groups is 1. The van der Waals surface area contributed by atoms with Gasteiger partial charge in [-0.15, -0.1) is 0 Å². The number of piperidine rings is 1. The molecule has 2 N–H and O–H groups in total. The standard InChI is InChI=1S/C13H26N2O2/c1-4-7-13(3,17)10-14-12(16)15-8-5-11(2)6-9-15/h11,17H,4-10H2,1-3H3,(H,14,16). The summed E-state index contributed by atoms with van der Waals surface area (Å²) in [6.45, 7) is 8.04. The average Bonchev–Trinajstić information content (AvgIpc) is 2.27. The lowest BCUT2D eigenvalue weighted by Crippen LogP contribution is -2.48. The van der Waals surface area contributed by atoms with E-state index in [1.165, 1.54) is 0 Å². The van der Waals surface area contributed by atoms with Gasteiger partial charge < -0.3 is 15.3 Å². The van der Waals surface area contributed by atoms with Crippen molar-refractivity contribution < 1.29 is 9.90 Å². The van der Waals surface area contributed by atoms with Gasteiger partial charge in [-0.25, -0.2) is 4.79 Å². The molecule has 4 nitrogen and oxygen atoms in total. The summed E-state index contributed by atoms with van der Waals surface area (Å²) in [6, 6.07) is -0.0340. The second-order valence-electron chi connectivity index (χ2n) is 5.58. The number of nitrogens with one attached hydrogen (secondary N) is 1. The molecule has 1 saturated heterocycles. The Hall–Kier alpha value is -0.770.